The second-order valence-corrected chi connectivity index (χ2v) is 8.49. The van der Waals surface area contributed by atoms with Gasteiger partial charge < -0.3 is 5.32 Å². The van der Waals surface area contributed by atoms with Crippen LogP contribution in [0.3, 0.4) is 0 Å². The highest BCUT2D eigenvalue weighted by atomic mass is 35.5. The number of pyridine rings is 1. The molecule has 1 aromatic carbocycles. The molecule has 1 amide bonds. The number of hydrogen-bond acceptors (Lipinski definition) is 4. The number of thioether (sulfide) groups is 1. The molecule has 1 heterocycles. The Morgan fingerprint density at radius 3 is 2.96 bits per heavy atom. The van der Waals surface area contributed by atoms with Gasteiger partial charge in [0.2, 0.25) is 5.91 Å². The van der Waals surface area contributed by atoms with Crippen molar-refractivity contribution < 1.29 is 4.79 Å². The molecule has 1 aliphatic carbocycles. The number of para-hydroxylation sites is 1. The van der Waals surface area contributed by atoms with Gasteiger partial charge in [-0.1, -0.05) is 49.3 Å². The number of halogens is 1. The fraction of sp³-hybridized carbons (Fsp3) is 0.381. The lowest BCUT2D eigenvalue weighted by atomic mass is 9.87. The highest BCUT2D eigenvalue weighted by molar-refractivity contribution is 8.00. The van der Waals surface area contributed by atoms with E-state index in [1.807, 2.05) is 25.1 Å². The molecule has 27 heavy (non-hydrogen) atoms. The molecule has 1 aliphatic rings. The van der Waals surface area contributed by atoms with Gasteiger partial charge in [0.15, 0.2) is 0 Å². The Labute approximate surface area is 169 Å². The second-order valence-electron chi connectivity index (χ2n) is 6.89. The predicted octanol–water partition coefficient (Wildman–Crippen LogP) is 5.24. The maximum Gasteiger partial charge on any atom is 0.237 e. The SMILES string of the molecule is CCC(Sc1nc2c(cc1C#N)CC(C)CC2)C(=O)Nc1ccccc1Cl. The van der Waals surface area contributed by atoms with E-state index in [0.717, 1.165) is 25.0 Å². The summed E-state index contributed by atoms with van der Waals surface area (Å²) in [6.45, 7) is 4.18. The van der Waals surface area contributed by atoms with Gasteiger partial charge in [0.25, 0.3) is 0 Å². The maximum absolute atomic E-state index is 12.7. The van der Waals surface area contributed by atoms with E-state index in [4.69, 9.17) is 16.6 Å². The lowest BCUT2D eigenvalue weighted by molar-refractivity contribution is -0.115. The minimum atomic E-state index is -0.346. The number of fused-ring (bicyclic) bond motifs is 1. The van der Waals surface area contributed by atoms with Crippen molar-refractivity contribution in [2.75, 3.05) is 5.32 Å². The van der Waals surface area contributed by atoms with Crippen molar-refractivity contribution in [2.45, 2.75) is 49.8 Å². The standard InChI is InChI=1S/C21H22ClN3OS/c1-3-19(20(26)24-18-7-5-4-6-16(18)22)27-21-15(12-23)11-14-10-13(2)8-9-17(14)25-21/h4-7,11,13,19H,3,8-10H2,1-2H3,(H,24,26). The summed E-state index contributed by atoms with van der Waals surface area (Å²) in [6, 6.07) is 11.4. The number of aromatic nitrogens is 1. The maximum atomic E-state index is 12.7. The Kier molecular flexibility index (Phi) is 6.41. The summed E-state index contributed by atoms with van der Waals surface area (Å²) in [5, 5.41) is 13.2. The topological polar surface area (TPSA) is 65.8 Å². The zero-order valence-corrected chi connectivity index (χ0v) is 17.0. The van der Waals surface area contributed by atoms with E-state index in [1.54, 1.807) is 12.1 Å². The number of aryl methyl sites for hydroxylation is 1. The van der Waals surface area contributed by atoms with Gasteiger partial charge in [0.05, 0.1) is 21.5 Å². The van der Waals surface area contributed by atoms with Crippen molar-refractivity contribution in [3.8, 4) is 6.07 Å². The minimum Gasteiger partial charge on any atom is -0.324 e. The molecule has 3 rings (SSSR count). The Morgan fingerprint density at radius 1 is 1.48 bits per heavy atom. The van der Waals surface area contributed by atoms with Crippen molar-refractivity contribution >= 4 is 35.0 Å². The smallest absolute Gasteiger partial charge is 0.237 e. The number of hydrogen-bond donors (Lipinski definition) is 1. The average molecular weight is 400 g/mol. The van der Waals surface area contributed by atoms with Crippen LogP contribution in [0.2, 0.25) is 5.02 Å². The number of nitrogens with zero attached hydrogens (tertiary/aromatic N) is 2. The molecule has 0 fully saturated rings. The first kappa shape index (κ1) is 19.7. The van der Waals surface area contributed by atoms with Gasteiger partial charge >= 0.3 is 0 Å². The average Bonchev–Trinajstić information content (AvgIpc) is 2.67. The third kappa shape index (κ3) is 4.63. The number of amides is 1. The minimum absolute atomic E-state index is 0.132. The molecule has 6 heteroatoms. The van der Waals surface area contributed by atoms with E-state index in [1.165, 1.54) is 17.3 Å². The van der Waals surface area contributed by atoms with Crippen LogP contribution in [0.15, 0.2) is 35.4 Å². The molecule has 0 bridgehead atoms. The van der Waals surface area contributed by atoms with Crippen molar-refractivity contribution in [3.05, 3.63) is 52.2 Å². The zero-order chi connectivity index (χ0) is 19.4. The summed E-state index contributed by atoms with van der Waals surface area (Å²) in [5.41, 5.74) is 3.38. The van der Waals surface area contributed by atoms with Gasteiger partial charge in [-0.25, -0.2) is 4.98 Å². The molecule has 0 radical (unpaired) electrons. The number of nitriles is 1. The molecule has 0 saturated heterocycles. The fourth-order valence-electron chi connectivity index (χ4n) is 3.23. The van der Waals surface area contributed by atoms with E-state index in [2.05, 4.69) is 18.3 Å². The summed E-state index contributed by atoms with van der Waals surface area (Å²) in [6.07, 6.45) is 3.63. The van der Waals surface area contributed by atoms with Crippen LogP contribution in [0.1, 0.15) is 43.5 Å². The largest absolute Gasteiger partial charge is 0.324 e. The Bertz CT molecular complexity index is 893. The Hall–Kier alpha value is -2.03. The van der Waals surface area contributed by atoms with Crippen LogP contribution in [-0.2, 0) is 17.6 Å². The summed E-state index contributed by atoms with van der Waals surface area (Å²) in [4.78, 5) is 17.5. The Morgan fingerprint density at radius 2 is 2.26 bits per heavy atom. The summed E-state index contributed by atoms with van der Waals surface area (Å²) in [7, 11) is 0. The van der Waals surface area contributed by atoms with Crippen LogP contribution < -0.4 is 5.32 Å². The van der Waals surface area contributed by atoms with Gasteiger partial charge in [-0.3, -0.25) is 4.79 Å². The molecular formula is C21H22ClN3OS. The molecule has 4 nitrogen and oxygen atoms in total. The van der Waals surface area contributed by atoms with Crippen molar-refractivity contribution in [3.63, 3.8) is 0 Å². The first-order valence-electron chi connectivity index (χ1n) is 9.16. The molecule has 140 valence electrons. The van der Waals surface area contributed by atoms with Gasteiger partial charge in [0.1, 0.15) is 11.1 Å². The highest BCUT2D eigenvalue weighted by Gasteiger charge is 2.24. The van der Waals surface area contributed by atoms with Crippen LogP contribution in [-0.4, -0.2) is 16.1 Å². The Balaban J connectivity index is 1.81. The fourth-order valence-corrected chi connectivity index (χ4v) is 4.41. The zero-order valence-electron chi connectivity index (χ0n) is 15.5. The molecule has 0 spiro atoms. The van der Waals surface area contributed by atoms with Gasteiger partial charge in [0, 0.05) is 5.69 Å². The summed E-state index contributed by atoms with van der Waals surface area (Å²) >= 11 is 7.50. The lowest BCUT2D eigenvalue weighted by Crippen LogP contribution is -2.25. The van der Waals surface area contributed by atoms with E-state index in [0.29, 0.717) is 33.6 Å². The van der Waals surface area contributed by atoms with Crippen molar-refractivity contribution in [1.82, 2.24) is 4.98 Å². The highest BCUT2D eigenvalue weighted by Crippen LogP contribution is 2.33. The molecule has 2 atom stereocenters. The predicted molar refractivity (Wildman–Crippen MR) is 110 cm³/mol. The van der Waals surface area contributed by atoms with Crippen molar-refractivity contribution in [2.24, 2.45) is 5.92 Å². The van der Waals surface area contributed by atoms with Gasteiger partial charge in [-0.2, -0.15) is 5.26 Å². The monoisotopic (exact) mass is 399 g/mol. The first-order valence-corrected chi connectivity index (χ1v) is 10.4. The number of anilines is 1. The summed E-state index contributed by atoms with van der Waals surface area (Å²) in [5.74, 6) is 0.488. The molecule has 0 aliphatic heterocycles. The van der Waals surface area contributed by atoms with Crippen LogP contribution in [0.25, 0.3) is 0 Å². The summed E-state index contributed by atoms with van der Waals surface area (Å²) < 4.78 is 0. The van der Waals surface area contributed by atoms with Crippen LogP contribution >= 0.6 is 23.4 Å². The molecule has 2 unspecified atom stereocenters. The van der Waals surface area contributed by atoms with Crippen LogP contribution in [0, 0.1) is 17.2 Å². The van der Waals surface area contributed by atoms with Gasteiger partial charge in [-0.15, -0.1) is 0 Å². The number of carbonyl (C=O) groups is 1. The number of rotatable bonds is 5. The molecule has 1 N–H and O–H groups in total. The third-order valence-electron chi connectivity index (χ3n) is 4.77. The molecular weight excluding hydrogens is 378 g/mol. The van der Waals surface area contributed by atoms with E-state index in [-0.39, 0.29) is 11.2 Å². The number of carbonyl (C=O) groups excluding carboxylic acids is 1. The normalized spacial score (nSPS) is 16.9. The lowest BCUT2D eigenvalue weighted by Gasteiger charge is -2.22. The second kappa shape index (κ2) is 8.77. The van der Waals surface area contributed by atoms with Crippen molar-refractivity contribution in [1.29, 1.82) is 5.26 Å². The van der Waals surface area contributed by atoms with Crippen LogP contribution in [0.4, 0.5) is 5.69 Å². The van der Waals surface area contributed by atoms with E-state index < -0.39 is 0 Å². The van der Waals surface area contributed by atoms with Gasteiger partial charge in [-0.05, 0) is 55.4 Å². The molecule has 0 saturated carbocycles. The van der Waals surface area contributed by atoms with E-state index >= 15 is 0 Å². The molecule has 2 aromatic rings. The number of benzene rings is 1. The quantitative estimate of drug-likeness (QED) is 0.698. The first-order chi connectivity index (χ1) is 13.0. The van der Waals surface area contributed by atoms with Crippen LogP contribution in [0.5, 0.6) is 0 Å². The molecule has 1 aromatic heterocycles. The number of nitrogens with one attached hydrogen (secondary N) is 1. The third-order valence-corrected chi connectivity index (χ3v) is 6.46. The van der Waals surface area contributed by atoms with E-state index in [9.17, 15) is 10.1 Å².